The van der Waals surface area contributed by atoms with E-state index in [1.165, 1.54) is 77.5 Å². The molecule has 96 valence electrons. The van der Waals surface area contributed by atoms with E-state index < -0.39 is 0 Å². The van der Waals surface area contributed by atoms with Crippen LogP contribution >= 0.6 is 0 Å². The van der Waals surface area contributed by atoms with Crippen molar-refractivity contribution in [2.24, 2.45) is 0 Å². The lowest BCUT2D eigenvalue weighted by Gasteiger charge is -2.31. The van der Waals surface area contributed by atoms with E-state index in [9.17, 15) is 0 Å². The maximum absolute atomic E-state index is 2.64. The van der Waals surface area contributed by atoms with Crippen molar-refractivity contribution in [3.05, 3.63) is 0 Å². The van der Waals surface area contributed by atoms with Crippen molar-refractivity contribution in [3.8, 4) is 0 Å². The Kier molecular flexibility index (Phi) is 7.87. The van der Waals surface area contributed by atoms with E-state index in [1.807, 2.05) is 0 Å². The molecule has 0 atom stereocenters. The molecule has 1 aliphatic rings. The number of unbranched alkanes of at least 4 members (excludes halogenated alkanes) is 4. The van der Waals surface area contributed by atoms with Gasteiger partial charge < -0.3 is 0 Å². The summed E-state index contributed by atoms with van der Waals surface area (Å²) in [6.07, 6.45) is 11.0. The summed E-state index contributed by atoms with van der Waals surface area (Å²) in [6.45, 7) is 9.76. The molecule has 0 spiro atoms. The lowest BCUT2D eigenvalue weighted by Crippen LogP contribution is -2.41. The van der Waals surface area contributed by atoms with Gasteiger partial charge in [0, 0.05) is 26.2 Å². The molecule has 2 nitrogen and oxygen atoms in total. The zero-order valence-electron chi connectivity index (χ0n) is 11.4. The van der Waals surface area contributed by atoms with E-state index >= 15 is 0 Å². The van der Waals surface area contributed by atoms with Gasteiger partial charge in [0.1, 0.15) is 0 Å². The van der Waals surface area contributed by atoms with Gasteiger partial charge in [-0.05, 0) is 25.7 Å². The van der Waals surface area contributed by atoms with Crippen LogP contribution in [0, 0.1) is 0 Å². The topological polar surface area (TPSA) is 6.48 Å². The Labute approximate surface area is 102 Å². The van der Waals surface area contributed by atoms with E-state index in [0.29, 0.717) is 0 Å². The number of rotatable bonds is 9. The lowest BCUT2D eigenvalue weighted by atomic mass is 10.2. The first-order valence-corrected chi connectivity index (χ1v) is 7.38. The van der Waals surface area contributed by atoms with E-state index in [-0.39, 0.29) is 0 Å². The number of nitrogens with zero attached hydrogens (tertiary/aromatic N) is 2. The summed E-state index contributed by atoms with van der Waals surface area (Å²) < 4.78 is 0. The number of hydrogen-bond acceptors (Lipinski definition) is 2. The predicted octanol–water partition coefficient (Wildman–Crippen LogP) is 3.68. The quantitative estimate of drug-likeness (QED) is 0.553. The monoisotopic (exact) mass is 226 g/mol. The molecule has 1 saturated heterocycles. The van der Waals surface area contributed by atoms with Gasteiger partial charge in [0.25, 0.3) is 0 Å². The van der Waals surface area contributed by atoms with Gasteiger partial charge in [-0.25, -0.2) is 10.0 Å². The second kappa shape index (κ2) is 9.00. The van der Waals surface area contributed by atoms with Gasteiger partial charge in [-0.1, -0.05) is 39.5 Å². The molecule has 0 amide bonds. The second-order valence-corrected chi connectivity index (χ2v) is 5.03. The number of hydrazine groups is 1. The second-order valence-electron chi connectivity index (χ2n) is 5.03. The van der Waals surface area contributed by atoms with Crippen molar-refractivity contribution in [1.82, 2.24) is 10.0 Å². The van der Waals surface area contributed by atoms with Crippen LogP contribution in [0.3, 0.4) is 0 Å². The molecule has 2 heteroatoms. The number of hydrogen-bond donors (Lipinski definition) is 0. The smallest absolute Gasteiger partial charge is 0.0133 e. The van der Waals surface area contributed by atoms with E-state index in [4.69, 9.17) is 0 Å². The molecule has 0 aromatic heterocycles. The summed E-state index contributed by atoms with van der Waals surface area (Å²) in [5.74, 6) is 0. The summed E-state index contributed by atoms with van der Waals surface area (Å²) in [6, 6.07) is 0. The largest absolute Gasteiger partial charge is 0.242 e. The first-order valence-electron chi connectivity index (χ1n) is 7.38. The first kappa shape index (κ1) is 14.0. The normalized spacial score (nSPS) is 17.4. The van der Waals surface area contributed by atoms with Crippen molar-refractivity contribution < 1.29 is 0 Å². The van der Waals surface area contributed by atoms with Crippen LogP contribution in [0.2, 0.25) is 0 Å². The molecule has 0 aliphatic carbocycles. The van der Waals surface area contributed by atoms with Gasteiger partial charge in [0.05, 0.1) is 0 Å². The minimum Gasteiger partial charge on any atom is -0.242 e. The van der Waals surface area contributed by atoms with E-state index in [0.717, 1.165) is 0 Å². The predicted molar refractivity (Wildman–Crippen MR) is 71.4 cm³/mol. The molecule has 1 rings (SSSR count). The summed E-state index contributed by atoms with van der Waals surface area (Å²) in [5, 5.41) is 5.24. The maximum atomic E-state index is 2.64. The van der Waals surface area contributed by atoms with Crippen LogP contribution in [0.1, 0.15) is 65.2 Å². The summed E-state index contributed by atoms with van der Waals surface area (Å²) in [5.41, 5.74) is 0. The average molecular weight is 226 g/mol. The molecule has 0 radical (unpaired) electrons. The Hall–Kier alpha value is -0.0800. The van der Waals surface area contributed by atoms with Crippen molar-refractivity contribution in [1.29, 1.82) is 0 Å². The maximum Gasteiger partial charge on any atom is 0.0133 e. The molecular weight excluding hydrogens is 196 g/mol. The van der Waals surface area contributed by atoms with Crippen LogP contribution < -0.4 is 0 Å². The van der Waals surface area contributed by atoms with Crippen LogP contribution in [0.25, 0.3) is 0 Å². The van der Waals surface area contributed by atoms with Gasteiger partial charge in [0.2, 0.25) is 0 Å². The summed E-state index contributed by atoms with van der Waals surface area (Å²) in [7, 11) is 0. The van der Waals surface area contributed by atoms with Crippen LogP contribution in [0.4, 0.5) is 0 Å². The zero-order valence-corrected chi connectivity index (χ0v) is 11.4. The fourth-order valence-corrected chi connectivity index (χ4v) is 2.47. The molecule has 1 aliphatic heterocycles. The first-order chi connectivity index (χ1) is 7.88. The highest BCUT2D eigenvalue weighted by molar-refractivity contribution is 4.66. The van der Waals surface area contributed by atoms with Gasteiger partial charge in [-0.3, -0.25) is 0 Å². The highest BCUT2D eigenvalue weighted by Crippen LogP contribution is 2.13. The Morgan fingerprint density at radius 2 is 1.31 bits per heavy atom. The fourth-order valence-electron chi connectivity index (χ4n) is 2.47. The molecule has 0 aromatic carbocycles. The van der Waals surface area contributed by atoms with Crippen LogP contribution in [-0.4, -0.2) is 36.2 Å². The van der Waals surface area contributed by atoms with E-state index in [1.54, 1.807) is 0 Å². The molecule has 1 fully saturated rings. The van der Waals surface area contributed by atoms with Crippen LogP contribution in [-0.2, 0) is 0 Å². The Balaban J connectivity index is 2.22. The van der Waals surface area contributed by atoms with Gasteiger partial charge in [-0.2, -0.15) is 0 Å². The van der Waals surface area contributed by atoms with E-state index in [2.05, 4.69) is 23.9 Å². The van der Waals surface area contributed by atoms with Gasteiger partial charge in [-0.15, -0.1) is 0 Å². The molecule has 16 heavy (non-hydrogen) atoms. The molecule has 0 saturated carbocycles. The third-order valence-corrected chi connectivity index (χ3v) is 3.52. The minimum absolute atomic E-state index is 1.29. The van der Waals surface area contributed by atoms with Gasteiger partial charge in [0.15, 0.2) is 0 Å². The molecular formula is C14H30N2. The van der Waals surface area contributed by atoms with Gasteiger partial charge >= 0.3 is 0 Å². The van der Waals surface area contributed by atoms with Crippen LogP contribution in [0.15, 0.2) is 0 Å². The molecule has 0 N–H and O–H groups in total. The highest BCUT2D eigenvalue weighted by atomic mass is 15.6. The van der Waals surface area contributed by atoms with Crippen molar-refractivity contribution >= 4 is 0 Å². The highest BCUT2D eigenvalue weighted by Gasteiger charge is 2.18. The summed E-state index contributed by atoms with van der Waals surface area (Å²) in [4.78, 5) is 0. The zero-order chi connectivity index (χ0) is 11.6. The standard InChI is InChI=1S/C14H30N2/c1-3-5-7-11-15(12-8-6-4-2)16-13-9-10-14-16/h3-14H2,1-2H3. The van der Waals surface area contributed by atoms with Crippen molar-refractivity contribution in [3.63, 3.8) is 0 Å². The SMILES string of the molecule is CCCCCN(CCCCC)N1CCCC1. The Morgan fingerprint density at radius 3 is 1.75 bits per heavy atom. The molecule has 0 unspecified atom stereocenters. The Bertz CT molecular complexity index is 143. The molecule has 0 aromatic rings. The van der Waals surface area contributed by atoms with Crippen molar-refractivity contribution in [2.75, 3.05) is 26.2 Å². The summed E-state index contributed by atoms with van der Waals surface area (Å²) >= 11 is 0. The fraction of sp³-hybridized carbons (Fsp3) is 1.00. The minimum atomic E-state index is 1.29. The lowest BCUT2D eigenvalue weighted by molar-refractivity contribution is -0.00609. The third-order valence-electron chi connectivity index (χ3n) is 3.52. The Morgan fingerprint density at radius 1 is 0.812 bits per heavy atom. The van der Waals surface area contributed by atoms with Crippen LogP contribution in [0.5, 0.6) is 0 Å². The molecule has 1 heterocycles. The van der Waals surface area contributed by atoms with Crippen molar-refractivity contribution in [2.45, 2.75) is 65.2 Å². The third kappa shape index (κ3) is 5.31. The molecule has 0 bridgehead atoms. The average Bonchev–Trinajstić information content (AvgIpc) is 2.81.